The van der Waals surface area contributed by atoms with Gasteiger partial charge in [-0.2, -0.15) is 0 Å². The van der Waals surface area contributed by atoms with Gasteiger partial charge in [0, 0.05) is 22.0 Å². The van der Waals surface area contributed by atoms with Crippen molar-refractivity contribution in [3.8, 4) is 0 Å². The van der Waals surface area contributed by atoms with Crippen molar-refractivity contribution in [1.29, 1.82) is 0 Å². The Hall–Kier alpha value is -0.940. The van der Waals surface area contributed by atoms with Gasteiger partial charge in [-0.3, -0.25) is 0 Å². The van der Waals surface area contributed by atoms with Gasteiger partial charge in [-0.25, -0.2) is 4.39 Å². The van der Waals surface area contributed by atoms with Crippen LogP contribution in [-0.4, -0.2) is 11.7 Å². The van der Waals surface area contributed by atoms with Crippen molar-refractivity contribution >= 4 is 27.5 Å². The second-order valence-corrected chi connectivity index (χ2v) is 5.83. The van der Waals surface area contributed by atoms with E-state index in [2.05, 4.69) is 15.9 Å². The molecule has 0 fully saturated rings. The molecule has 2 nitrogen and oxygen atoms in total. The Kier molecular flexibility index (Phi) is 5.16. The summed E-state index contributed by atoms with van der Waals surface area (Å²) in [6.07, 6.45) is -0.842. The molecule has 2 aromatic carbocycles. The number of halogens is 3. The van der Waals surface area contributed by atoms with Crippen LogP contribution in [0.2, 0.25) is 5.02 Å². The molecule has 2 atom stereocenters. The molecule has 2 rings (SSSR count). The summed E-state index contributed by atoms with van der Waals surface area (Å²) in [7, 11) is 0. The quantitative estimate of drug-likeness (QED) is 0.867. The number of rotatable bonds is 4. The van der Waals surface area contributed by atoms with Crippen LogP contribution in [0.4, 0.5) is 4.39 Å². The van der Waals surface area contributed by atoms with Crippen molar-refractivity contribution in [2.45, 2.75) is 12.0 Å². The van der Waals surface area contributed by atoms with E-state index in [0.29, 0.717) is 10.6 Å². The summed E-state index contributed by atoms with van der Waals surface area (Å²) < 4.78 is 13.8. The van der Waals surface area contributed by atoms with Crippen LogP contribution in [0.5, 0.6) is 0 Å². The molecule has 0 spiro atoms. The van der Waals surface area contributed by atoms with E-state index in [1.54, 1.807) is 24.3 Å². The van der Waals surface area contributed by atoms with Gasteiger partial charge >= 0.3 is 0 Å². The van der Waals surface area contributed by atoms with Crippen LogP contribution in [-0.2, 0) is 0 Å². The van der Waals surface area contributed by atoms with E-state index < -0.39 is 6.10 Å². The maximum Gasteiger partial charge on any atom is 0.123 e. The average Bonchev–Trinajstić information content (AvgIpc) is 2.41. The second kappa shape index (κ2) is 6.68. The highest BCUT2D eigenvalue weighted by Gasteiger charge is 2.23. The summed E-state index contributed by atoms with van der Waals surface area (Å²) in [5, 5.41) is 11.0. The van der Waals surface area contributed by atoms with Gasteiger partial charge in [0.15, 0.2) is 0 Å². The van der Waals surface area contributed by atoms with E-state index in [9.17, 15) is 9.50 Å². The molecule has 5 heteroatoms. The average molecular weight is 359 g/mol. The molecule has 0 aliphatic heterocycles. The number of hydrogen-bond acceptors (Lipinski definition) is 2. The van der Waals surface area contributed by atoms with Crippen molar-refractivity contribution in [2.24, 2.45) is 5.73 Å². The van der Waals surface area contributed by atoms with E-state index in [-0.39, 0.29) is 18.3 Å². The molecule has 0 aliphatic rings. The van der Waals surface area contributed by atoms with E-state index in [0.717, 1.165) is 10.0 Å². The summed E-state index contributed by atoms with van der Waals surface area (Å²) in [5.41, 5.74) is 7.14. The Bertz CT molecular complexity index is 591. The van der Waals surface area contributed by atoms with E-state index in [4.69, 9.17) is 17.3 Å². The smallest absolute Gasteiger partial charge is 0.123 e. The first-order chi connectivity index (χ1) is 9.52. The van der Waals surface area contributed by atoms with Gasteiger partial charge in [-0.1, -0.05) is 45.7 Å². The number of nitrogens with two attached hydrogens (primary N) is 1. The summed E-state index contributed by atoms with van der Waals surface area (Å²) in [5.74, 6) is -0.657. The fraction of sp³-hybridized carbons (Fsp3) is 0.200. The molecular formula is C15H14BrClFNO. The topological polar surface area (TPSA) is 46.2 Å². The molecule has 0 heterocycles. The van der Waals surface area contributed by atoms with Crippen LogP contribution < -0.4 is 5.73 Å². The molecule has 0 saturated heterocycles. The zero-order valence-corrected chi connectivity index (χ0v) is 12.9. The maximum atomic E-state index is 13.0. The highest BCUT2D eigenvalue weighted by atomic mass is 79.9. The lowest BCUT2D eigenvalue weighted by atomic mass is 9.89. The highest BCUT2D eigenvalue weighted by Crippen LogP contribution is 2.35. The molecule has 0 bridgehead atoms. The fourth-order valence-corrected chi connectivity index (χ4v) is 2.90. The normalized spacial score (nSPS) is 14.1. The molecule has 0 aromatic heterocycles. The van der Waals surface area contributed by atoms with Crippen LogP contribution >= 0.6 is 27.5 Å². The summed E-state index contributed by atoms with van der Waals surface area (Å²) in [6.45, 7) is 0.235. The lowest BCUT2D eigenvalue weighted by Gasteiger charge is -2.23. The zero-order valence-electron chi connectivity index (χ0n) is 10.6. The SMILES string of the molecule is NCC(c1ccc(F)cc1)C(O)c1ccc(Br)cc1Cl. The molecule has 3 N–H and O–H groups in total. The lowest BCUT2D eigenvalue weighted by molar-refractivity contribution is 0.147. The maximum absolute atomic E-state index is 13.0. The van der Waals surface area contributed by atoms with Crippen LogP contribution in [0.1, 0.15) is 23.1 Å². The van der Waals surface area contributed by atoms with Crippen molar-refractivity contribution in [3.05, 3.63) is 68.9 Å². The van der Waals surface area contributed by atoms with Crippen molar-refractivity contribution in [2.75, 3.05) is 6.54 Å². The standard InChI is InChI=1S/C15H14BrClFNO/c16-10-3-6-12(14(17)7-10)15(20)13(8-19)9-1-4-11(18)5-2-9/h1-7,13,15,20H,8,19H2. The Labute approximate surface area is 130 Å². The largest absolute Gasteiger partial charge is 0.388 e. The van der Waals surface area contributed by atoms with Crippen molar-refractivity contribution in [3.63, 3.8) is 0 Å². The predicted molar refractivity (Wildman–Crippen MR) is 82.3 cm³/mol. The fourth-order valence-electron chi connectivity index (χ4n) is 2.12. The van der Waals surface area contributed by atoms with Crippen molar-refractivity contribution < 1.29 is 9.50 Å². The highest BCUT2D eigenvalue weighted by molar-refractivity contribution is 9.10. The van der Waals surface area contributed by atoms with Gasteiger partial charge in [0.1, 0.15) is 5.82 Å². The second-order valence-electron chi connectivity index (χ2n) is 4.50. The van der Waals surface area contributed by atoms with E-state index in [1.807, 2.05) is 6.07 Å². The Balaban J connectivity index is 2.33. The van der Waals surface area contributed by atoms with Crippen LogP contribution in [0.15, 0.2) is 46.9 Å². The van der Waals surface area contributed by atoms with Gasteiger partial charge < -0.3 is 10.8 Å². The molecule has 2 unspecified atom stereocenters. The number of aliphatic hydroxyl groups excluding tert-OH is 1. The number of benzene rings is 2. The first kappa shape index (κ1) is 15.4. The molecule has 0 aliphatic carbocycles. The molecule has 20 heavy (non-hydrogen) atoms. The lowest BCUT2D eigenvalue weighted by Crippen LogP contribution is -2.20. The first-order valence-corrected chi connectivity index (χ1v) is 7.28. The summed E-state index contributed by atoms with van der Waals surface area (Å²) in [6, 6.07) is 11.2. The van der Waals surface area contributed by atoms with E-state index >= 15 is 0 Å². The molecule has 0 saturated carbocycles. The minimum Gasteiger partial charge on any atom is -0.388 e. The Morgan fingerprint density at radius 2 is 1.85 bits per heavy atom. The van der Waals surface area contributed by atoms with E-state index in [1.165, 1.54) is 12.1 Å². The van der Waals surface area contributed by atoms with Gasteiger partial charge in [-0.15, -0.1) is 0 Å². The monoisotopic (exact) mass is 357 g/mol. The molecular weight excluding hydrogens is 345 g/mol. The van der Waals surface area contributed by atoms with Crippen molar-refractivity contribution in [1.82, 2.24) is 0 Å². The molecule has 2 aromatic rings. The van der Waals surface area contributed by atoms with Gasteiger partial charge in [-0.05, 0) is 35.4 Å². The third kappa shape index (κ3) is 3.38. The predicted octanol–water partition coefficient (Wildman–Crippen LogP) is 4.02. The van der Waals surface area contributed by atoms with Gasteiger partial charge in [0.05, 0.1) is 6.10 Å². The first-order valence-electron chi connectivity index (χ1n) is 6.11. The summed E-state index contributed by atoms with van der Waals surface area (Å²) >= 11 is 9.47. The Morgan fingerprint density at radius 1 is 1.20 bits per heavy atom. The van der Waals surface area contributed by atoms with Crippen LogP contribution in [0.25, 0.3) is 0 Å². The number of aliphatic hydroxyl groups is 1. The minimum atomic E-state index is -0.842. The number of hydrogen-bond donors (Lipinski definition) is 2. The third-order valence-corrected chi connectivity index (χ3v) is 4.03. The Morgan fingerprint density at radius 3 is 2.40 bits per heavy atom. The van der Waals surface area contributed by atoms with Gasteiger partial charge in [0.2, 0.25) is 0 Å². The van der Waals surface area contributed by atoms with Gasteiger partial charge in [0.25, 0.3) is 0 Å². The summed E-state index contributed by atoms with van der Waals surface area (Å²) in [4.78, 5) is 0. The zero-order chi connectivity index (χ0) is 14.7. The molecule has 106 valence electrons. The molecule has 0 radical (unpaired) electrons. The third-order valence-electron chi connectivity index (χ3n) is 3.21. The van der Waals surface area contributed by atoms with Crippen LogP contribution in [0.3, 0.4) is 0 Å². The minimum absolute atomic E-state index is 0.235. The van der Waals surface area contributed by atoms with Crippen LogP contribution in [0, 0.1) is 5.82 Å². The molecule has 0 amide bonds.